The number of allylic oxidation sites excluding steroid dienone is 1. The van der Waals surface area contributed by atoms with Gasteiger partial charge in [0.15, 0.2) is 5.82 Å². The average molecular weight is 167 g/mol. The maximum absolute atomic E-state index is 13.0. The highest BCUT2D eigenvalue weighted by Crippen LogP contribution is 2.17. The van der Waals surface area contributed by atoms with Gasteiger partial charge in [0, 0.05) is 6.20 Å². The molecule has 3 heteroatoms. The molecule has 0 N–H and O–H groups in total. The van der Waals surface area contributed by atoms with E-state index in [0.717, 1.165) is 5.57 Å². The van der Waals surface area contributed by atoms with Crippen LogP contribution >= 0.6 is 0 Å². The van der Waals surface area contributed by atoms with Crippen molar-refractivity contribution in [1.82, 2.24) is 4.98 Å². The number of methoxy groups -OCH3 is 1. The molecule has 0 aromatic carbocycles. The molecule has 0 aliphatic heterocycles. The Morgan fingerprint density at radius 1 is 1.67 bits per heavy atom. The van der Waals surface area contributed by atoms with Gasteiger partial charge in [0.1, 0.15) is 0 Å². The van der Waals surface area contributed by atoms with Crippen molar-refractivity contribution in [3.05, 3.63) is 30.2 Å². The molecule has 0 bridgehead atoms. The number of hydrogen-bond donors (Lipinski definition) is 0. The van der Waals surface area contributed by atoms with E-state index in [1.165, 1.54) is 19.4 Å². The van der Waals surface area contributed by atoms with Gasteiger partial charge in [-0.15, -0.1) is 0 Å². The van der Waals surface area contributed by atoms with Crippen molar-refractivity contribution in [1.29, 1.82) is 0 Å². The van der Waals surface area contributed by atoms with Crippen LogP contribution in [0.5, 0.6) is 5.88 Å². The second-order valence-corrected chi connectivity index (χ2v) is 2.50. The van der Waals surface area contributed by atoms with Crippen molar-refractivity contribution in [2.75, 3.05) is 7.11 Å². The molecule has 64 valence electrons. The van der Waals surface area contributed by atoms with Crippen LogP contribution in [0.25, 0.3) is 5.57 Å². The minimum atomic E-state index is -0.460. The molecule has 0 spiro atoms. The molecule has 1 aromatic rings. The third kappa shape index (κ3) is 1.61. The monoisotopic (exact) mass is 167 g/mol. The lowest BCUT2D eigenvalue weighted by Gasteiger charge is -2.02. The Bertz CT molecular complexity index is 309. The van der Waals surface area contributed by atoms with E-state index < -0.39 is 5.82 Å². The lowest BCUT2D eigenvalue weighted by Crippen LogP contribution is -1.93. The van der Waals surface area contributed by atoms with Gasteiger partial charge >= 0.3 is 0 Å². The molecule has 1 rings (SSSR count). The van der Waals surface area contributed by atoms with Crippen LogP contribution in [0.15, 0.2) is 18.8 Å². The molecular weight excluding hydrogens is 157 g/mol. The van der Waals surface area contributed by atoms with Crippen LogP contribution in [0.2, 0.25) is 0 Å². The standard InChI is InChI=1S/C9H10FNO/c1-6(2)7-4-8(10)9(12-3)11-5-7/h4-5H,1H2,2-3H3. The van der Waals surface area contributed by atoms with Crippen molar-refractivity contribution < 1.29 is 9.13 Å². The molecule has 0 unspecified atom stereocenters. The minimum absolute atomic E-state index is 0.0139. The number of pyridine rings is 1. The van der Waals surface area contributed by atoms with Crippen LogP contribution in [-0.2, 0) is 0 Å². The maximum Gasteiger partial charge on any atom is 0.250 e. The number of aromatic nitrogens is 1. The molecule has 0 aliphatic rings. The van der Waals surface area contributed by atoms with E-state index in [2.05, 4.69) is 16.3 Å². The summed E-state index contributed by atoms with van der Waals surface area (Å²) in [7, 11) is 1.38. The summed E-state index contributed by atoms with van der Waals surface area (Å²) < 4.78 is 17.6. The smallest absolute Gasteiger partial charge is 0.250 e. The number of nitrogens with zero attached hydrogens (tertiary/aromatic N) is 1. The first-order chi connectivity index (χ1) is 5.65. The summed E-state index contributed by atoms with van der Waals surface area (Å²) in [4.78, 5) is 3.76. The summed E-state index contributed by atoms with van der Waals surface area (Å²) in [6, 6.07) is 1.36. The molecule has 0 atom stereocenters. The van der Waals surface area contributed by atoms with E-state index >= 15 is 0 Å². The number of halogens is 1. The van der Waals surface area contributed by atoms with Gasteiger partial charge in [-0.05, 0) is 24.1 Å². The van der Waals surface area contributed by atoms with Gasteiger partial charge in [0.05, 0.1) is 7.11 Å². The molecule has 0 saturated heterocycles. The normalized spacial score (nSPS) is 9.58. The molecule has 0 fully saturated rings. The zero-order valence-electron chi connectivity index (χ0n) is 7.10. The minimum Gasteiger partial charge on any atom is -0.479 e. The second kappa shape index (κ2) is 3.34. The largest absolute Gasteiger partial charge is 0.479 e. The first-order valence-corrected chi connectivity index (χ1v) is 3.50. The Labute approximate surface area is 70.7 Å². The third-order valence-electron chi connectivity index (χ3n) is 1.49. The Kier molecular flexibility index (Phi) is 2.43. The van der Waals surface area contributed by atoms with Gasteiger partial charge in [0.25, 0.3) is 0 Å². The van der Waals surface area contributed by atoms with E-state index in [9.17, 15) is 4.39 Å². The highest BCUT2D eigenvalue weighted by atomic mass is 19.1. The van der Waals surface area contributed by atoms with Crippen LogP contribution < -0.4 is 4.74 Å². The third-order valence-corrected chi connectivity index (χ3v) is 1.49. The Balaban J connectivity index is 3.10. The molecule has 0 saturated carbocycles. The van der Waals surface area contributed by atoms with Crippen molar-refractivity contribution >= 4 is 5.57 Å². The quantitative estimate of drug-likeness (QED) is 0.674. The first kappa shape index (κ1) is 8.71. The molecule has 0 aliphatic carbocycles. The lowest BCUT2D eigenvalue weighted by atomic mass is 10.1. The second-order valence-electron chi connectivity index (χ2n) is 2.50. The van der Waals surface area contributed by atoms with Crippen molar-refractivity contribution in [2.45, 2.75) is 6.92 Å². The summed E-state index contributed by atoms with van der Waals surface area (Å²) in [5, 5.41) is 0. The number of ether oxygens (including phenoxy) is 1. The SMILES string of the molecule is C=C(C)c1cnc(OC)c(F)c1. The Morgan fingerprint density at radius 2 is 2.33 bits per heavy atom. The van der Waals surface area contributed by atoms with Crippen molar-refractivity contribution in [3.8, 4) is 5.88 Å². The molecule has 0 amide bonds. The summed E-state index contributed by atoms with van der Waals surface area (Å²) >= 11 is 0. The van der Waals surface area contributed by atoms with E-state index in [4.69, 9.17) is 0 Å². The van der Waals surface area contributed by atoms with Crippen LogP contribution in [-0.4, -0.2) is 12.1 Å². The highest BCUT2D eigenvalue weighted by molar-refractivity contribution is 5.60. The molecular formula is C9H10FNO. The van der Waals surface area contributed by atoms with Crippen molar-refractivity contribution in [3.63, 3.8) is 0 Å². The molecule has 1 aromatic heterocycles. The highest BCUT2D eigenvalue weighted by Gasteiger charge is 2.04. The Hall–Kier alpha value is -1.38. The van der Waals surface area contributed by atoms with Crippen LogP contribution in [0.1, 0.15) is 12.5 Å². The number of hydrogen-bond acceptors (Lipinski definition) is 2. The van der Waals surface area contributed by atoms with Crippen LogP contribution in [0.4, 0.5) is 4.39 Å². The summed E-state index contributed by atoms with van der Waals surface area (Å²) in [5.74, 6) is -0.446. The fraction of sp³-hybridized carbons (Fsp3) is 0.222. The first-order valence-electron chi connectivity index (χ1n) is 3.50. The van der Waals surface area contributed by atoms with E-state index in [1.54, 1.807) is 6.92 Å². The predicted octanol–water partition coefficient (Wildman–Crippen LogP) is 2.26. The Morgan fingerprint density at radius 3 is 2.75 bits per heavy atom. The summed E-state index contributed by atoms with van der Waals surface area (Å²) in [6.45, 7) is 5.47. The van der Waals surface area contributed by atoms with Gasteiger partial charge in [-0.1, -0.05) is 6.58 Å². The number of rotatable bonds is 2. The van der Waals surface area contributed by atoms with E-state index in [0.29, 0.717) is 5.56 Å². The van der Waals surface area contributed by atoms with Gasteiger partial charge in [-0.2, -0.15) is 0 Å². The fourth-order valence-corrected chi connectivity index (χ4v) is 0.809. The summed E-state index contributed by atoms with van der Waals surface area (Å²) in [5.41, 5.74) is 1.47. The molecule has 12 heavy (non-hydrogen) atoms. The maximum atomic E-state index is 13.0. The zero-order chi connectivity index (χ0) is 9.14. The predicted molar refractivity (Wildman–Crippen MR) is 45.5 cm³/mol. The van der Waals surface area contributed by atoms with E-state index in [1.807, 2.05) is 0 Å². The van der Waals surface area contributed by atoms with E-state index in [-0.39, 0.29) is 5.88 Å². The van der Waals surface area contributed by atoms with Crippen LogP contribution in [0, 0.1) is 5.82 Å². The fourth-order valence-electron chi connectivity index (χ4n) is 0.809. The lowest BCUT2D eigenvalue weighted by molar-refractivity contribution is 0.369. The van der Waals surface area contributed by atoms with Crippen LogP contribution in [0.3, 0.4) is 0 Å². The van der Waals surface area contributed by atoms with Gasteiger partial charge in [-0.25, -0.2) is 9.37 Å². The zero-order valence-corrected chi connectivity index (χ0v) is 7.10. The topological polar surface area (TPSA) is 22.1 Å². The molecule has 2 nitrogen and oxygen atoms in total. The van der Waals surface area contributed by atoms with Gasteiger partial charge in [-0.3, -0.25) is 0 Å². The van der Waals surface area contributed by atoms with Gasteiger partial charge in [0.2, 0.25) is 5.88 Å². The van der Waals surface area contributed by atoms with Gasteiger partial charge < -0.3 is 4.74 Å². The molecule has 0 radical (unpaired) electrons. The average Bonchev–Trinajstić information content (AvgIpc) is 2.04. The molecule has 1 heterocycles. The summed E-state index contributed by atoms with van der Waals surface area (Å²) in [6.07, 6.45) is 1.53. The van der Waals surface area contributed by atoms with Crippen molar-refractivity contribution in [2.24, 2.45) is 0 Å².